The standard InChI is InChI=1S/C28H34FN5O7S/c1-16-13-34(17(2)15-35)27(36)22-7-6-8-23(30-28(37)31-25-18(3)32-41-19(25)4)26(22)40-24(16)14-33(5)42(38,39)21-11-9-20(29)10-12-21/h6-12,16-17,24,35H,13-15H2,1-5H3,(H2,30,31,37)/t16-,17-,24-/m0/s1. The van der Waals surface area contributed by atoms with E-state index in [1.54, 1.807) is 39.8 Å². The van der Waals surface area contributed by atoms with Crippen LogP contribution in [0.4, 0.5) is 20.6 Å². The zero-order chi connectivity index (χ0) is 30.8. The summed E-state index contributed by atoms with van der Waals surface area (Å²) in [7, 11) is -2.63. The summed E-state index contributed by atoms with van der Waals surface area (Å²) in [4.78, 5) is 28.1. The van der Waals surface area contributed by atoms with Crippen LogP contribution in [-0.4, -0.2) is 78.7 Å². The first-order valence-corrected chi connectivity index (χ1v) is 14.7. The largest absolute Gasteiger partial charge is 0.486 e. The van der Waals surface area contributed by atoms with Gasteiger partial charge in [0.15, 0.2) is 11.5 Å². The third-order valence-electron chi connectivity index (χ3n) is 7.17. The topological polar surface area (TPSA) is 154 Å². The van der Waals surface area contributed by atoms with E-state index < -0.39 is 45.8 Å². The molecule has 3 N–H and O–H groups in total. The van der Waals surface area contributed by atoms with Crippen molar-refractivity contribution in [2.45, 2.75) is 44.7 Å². The van der Waals surface area contributed by atoms with Gasteiger partial charge in [0.25, 0.3) is 5.91 Å². The van der Waals surface area contributed by atoms with Gasteiger partial charge >= 0.3 is 6.03 Å². The van der Waals surface area contributed by atoms with Crippen molar-refractivity contribution in [3.8, 4) is 5.75 Å². The number of aliphatic hydroxyl groups is 1. The number of urea groups is 1. The van der Waals surface area contributed by atoms with Gasteiger partial charge in [-0.3, -0.25) is 4.79 Å². The van der Waals surface area contributed by atoms with E-state index in [9.17, 15) is 27.5 Å². The number of anilines is 2. The molecule has 0 radical (unpaired) electrons. The number of hydrogen-bond acceptors (Lipinski definition) is 8. The van der Waals surface area contributed by atoms with Crippen molar-refractivity contribution in [2.75, 3.05) is 37.4 Å². The number of amides is 3. The zero-order valence-corrected chi connectivity index (χ0v) is 24.7. The summed E-state index contributed by atoms with van der Waals surface area (Å²) in [5.74, 6) is -0.933. The van der Waals surface area contributed by atoms with Crippen LogP contribution in [0.1, 0.15) is 35.7 Å². The lowest BCUT2D eigenvalue weighted by molar-refractivity contribution is 0.0389. The fourth-order valence-electron chi connectivity index (χ4n) is 4.63. The highest BCUT2D eigenvalue weighted by Crippen LogP contribution is 2.35. The first-order chi connectivity index (χ1) is 19.8. The summed E-state index contributed by atoms with van der Waals surface area (Å²) in [5, 5.41) is 19.1. The van der Waals surface area contributed by atoms with Crippen LogP contribution in [0.5, 0.6) is 5.75 Å². The molecule has 1 aliphatic heterocycles. The maximum atomic E-state index is 13.7. The van der Waals surface area contributed by atoms with E-state index >= 15 is 0 Å². The number of aromatic nitrogens is 1. The van der Waals surface area contributed by atoms with E-state index in [0.29, 0.717) is 17.1 Å². The Morgan fingerprint density at radius 3 is 2.52 bits per heavy atom. The van der Waals surface area contributed by atoms with E-state index in [1.165, 1.54) is 30.1 Å². The Bertz CT molecular complexity index is 1540. The van der Waals surface area contributed by atoms with Crippen LogP contribution in [0.2, 0.25) is 0 Å². The Balaban J connectivity index is 1.70. The number of nitrogens with zero attached hydrogens (tertiary/aromatic N) is 3. The van der Waals surface area contributed by atoms with Gasteiger partial charge in [-0.15, -0.1) is 0 Å². The third-order valence-corrected chi connectivity index (χ3v) is 9.01. The lowest BCUT2D eigenvalue weighted by Gasteiger charge is -2.38. The predicted octanol–water partition coefficient (Wildman–Crippen LogP) is 3.62. The van der Waals surface area contributed by atoms with E-state index in [0.717, 1.165) is 16.4 Å². The van der Waals surface area contributed by atoms with Crippen LogP contribution in [0.15, 0.2) is 51.9 Å². The summed E-state index contributed by atoms with van der Waals surface area (Å²) < 4.78 is 52.6. The number of ether oxygens (including phenoxy) is 1. The molecule has 14 heteroatoms. The molecule has 42 heavy (non-hydrogen) atoms. The second-order valence-electron chi connectivity index (χ2n) is 10.3. The number of likely N-dealkylation sites (N-methyl/N-ethyl adjacent to an activating group) is 1. The van der Waals surface area contributed by atoms with Crippen molar-refractivity contribution in [1.29, 1.82) is 0 Å². The van der Waals surface area contributed by atoms with Gasteiger partial charge in [0.1, 0.15) is 23.3 Å². The monoisotopic (exact) mass is 603 g/mol. The van der Waals surface area contributed by atoms with Crippen LogP contribution >= 0.6 is 0 Å². The van der Waals surface area contributed by atoms with Crippen molar-refractivity contribution in [2.24, 2.45) is 5.92 Å². The fourth-order valence-corrected chi connectivity index (χ4v) is 5.81. The molecule has 1 aromatic heterocycles. The normalized spacial score (nSPS) is 18.1. The van der Waals surface area contributed by atoms with Gasteiger partial charge < -0.3 is 29.9 Å². The maximum absolute atomic E-state index is 13.7. The lowest BCUT2D eigenvalue weighted by Crippen LogP contribution is -2.50. The van der Waals surface area contributed by atoms with Gasteiger partial charge in [0.05, 0.1) is 35.3 Å². The molecule has 3 atom stereocenters. The van der Waals surface area contributed by atoms with Crippen molar-refractivity contribution >= 4 is 33.3 Å². The zero-order valence-electron chi connectivity index (χ0n) is 23.9. The van der Waals surface area contributed by atoms with Gasteiger partial charge in [0, 0.05) is 19.5 Å². The van der Waals surface area contributed by atoms with Gasteiger partial charge in [-0.2, -0.15) is 4.31 Å². The summed E-state index contributed by atoms with van der Waals surface area (Å²) in [6, 6.07) is 7.99. The molecular weight excluding hydrogens is 569 g/mol. The average molecular weight is 604 g/mol. The molecule has 0 bridgehead atoms. The van der Waals surface area contributed by atoms with Crippen molar-refractivity contribution in [1.82, 2.24) is 14.4 Å². The molecule has 0 spiro atoms. The van der Waals surface area contributed by atoms with Crippen LogP contribution in [0.25, 0.3) is 0 Å². The van der Waals surface area contributed by atoms with Crippen LogP contribution in [0, 0.1) is 25.6 Å². The van der Waals surface area contributed by atoms with Crippen LogP contribution in [-0.2, 0) is 10.0 Å². The number of fused-ring (bicyclic) bond motifs is 1. The molecule has 226 valence electrons. The quantitative estimate of drug-likeness (QED) is 0.353. The SMILES string of the molecule is Cc1noc(C)c1NC(=O)Nc1cccc2c1O[C@@H](CN(C)S(=O)(=O)c1ccc(F)cc1)[C@@H](C)CN([C@@H](C)CO)C2=O. The Morgan fingerprint density at radius 1 is 1.21 bits per heavy atom. The molecule has 0 unspecified atom stereocenters. The maximum Gasteiger partial charge on any atom is 0.323 e. The lowest BCUT2D eigenvalue weighted by atomic mass is 9.99. The highest BCUT2D eigenvalue weighted by atomic mass is 32.2. The predicted molar refractivity (Wildman–Crippen MR) is 152 cm³/mol. The minimum absolute atomic E-state index is 0.0516. The number of carbonyl (C=O) groups excluding carboxylic acids is 2. The number of halogens is 1. The number of hydrogen-bond donors (Lipinski definition) is 3. The second-order valence-corrected chi connectivity index (χ2v) is 12.4. The molecule has 3 amide bonds. The molecule has 2 aromatic carbocycles. The molecule has 4 rings (SSSR count). The number of nitrogens with one attached hydrogen (secondary N) is 2. The molecule has 0 saturated carbocycles. The first-order valence-electron chi connectivity index (χ1n) is 13.3. The third kappa shape index (κ3) is 6.40. The van der Waals surface area contributed by atoms with E-state index in [4.69, 9.17) is 9.26 Å². The Morgan fingerprint density at radius 2 is 1.90 bits per heavy atom. The minimum Gasteiger partial charge on any atom is -0.486 e. The highest BCUT2D eigenvalue weighted by Gasteiger charge is 2.36. The summed E-state index contributed by atoms with van der Waals surface area (Å²) in [6.07, 6.45) is -0.793. The molecule has 1 aliphatic rings. The molecule has 3 aromatic rings. The molecular formula is C28H34FN5O7S. The smallest absolute Gasteiger partial charge is 0.323 e. The number of carbonyl (C=O) groups is 2. The van der Waals surface area contributed by atoms with Crippen molar-refractivity contribution in [3.63, 3.8) is 0 Å². The Labute approximate surface area is 243 Å². The number of rotatable bonds is 8. The molecule has 0 saturated heterocycles. The molecule has 2 heterocycles. The second kappa shape index (κ2) is 12.5. The Kier molecular flexibility index (Phi) is 9.18. The fraction of sp³-hybridized carbons (Fsp3) is 0.393. The van der Waals surface area contributed by atoms with Gasteiger partial charge in [-0.05, 0) is 57.2 Å². The van der Waals surface area contributed by atoms with Crippen LogP contribution in [0.3, 0.4) is 0 Å². The number of sulfonamides is 1. The first kappa shape index (κ1) is 30.9. The Hall–Kier alpha value is -4.01. The van der Waals surface area contributed by atoms with Gasteiger partial charge in [-0.1, -0.05) is 18.1 Å². The summed E-state index contributed by atoms with van der Waals surface area (Å²) in [6.45, 7) is 6.56. The van der Waals surface area contributed by atoms with E-state index in [-0.39, 0.29) is 41.6 Å². The average Bonchev–Trinajstić information content (AvgIpc) is 3.26. The highest BCUT2D eigenvalue weighted by molar-refractivity contribution is 7.89. The number of benzene rings is 2. The van der Waals surface area contributed by atoms with Gasteiger partial charge in [-0.25, -0.2) is 17.6 Å². The molecule has 0 aliphatic carbocycles. The van der Waals surface area contributed by atoms with Crippen LogP contribution < -0.4 is 15.4 Å². The summed E-state index contributed by atoms with van der Waals surface area (Å²) >= 11 is 0. The number of para-hydroxylation sites is 1. The van der Waals surface area contributed by atoms with E-state index in [1.807, 2.05) is 0 Å². The van der Waals surface area contributed by atoms with Crippen molar-refractivity contribution < 1.29 is 36.8 Å². The summed E-state index contributed by atoms with van der Waals surface area (Å²) in [5.41, 5.74) is 1.17. The molecule has 0 fully saturated rings. The number of aliphatic hydroxyl groups excluding tert-OH is 1. The van der Waals surface area contributed by atoms with Crippen molar-refractivity contribution in [3.05, 3.63) is 65.3 Å². The van der Waals surface area contributed by atoms with E-state index in [2.05, 4.69) is 15.8 Å². The molecule has 12 nitrogen and oxygen atoms in total. The minimum atomic E-state index is -4.02. The number of aryl methyl sites for hydroxylation is 2. The van der Waals surface area contributed by atoms with Gasteiger partial charge in [0.2, 0.25) is 10.0 Å².